The summed E-state index contributed by atoms with van der Waals surface area (Å²) < 4.78 is 5.74. The maximum Gasteiger partial charge on any atom is 0.266 e. The van der Waals surface area contributed by atoms with Crippen LogP contribution in [0.4, 0.5) is 5.69 Å². The van der Waals surface area contributed by atoms with Crippen molar-refractivity contribution in [3.8, 4) is 11.8 Å². The third-order valence-corrected chi connectivity index (χ3v) is 4.80. The van der Waals surface area contributed by atoms with Crippen molar-refractivity contribution in [3.63, 3.8) is 0 Å². The highest BCUT2D eigenvalue weighted by Crippen LogP contribution is 2.35. The molecule has 0 atom stereocenters. The van der Waals surface area contributed by atoms with Crippen LogP contribution in [0.1, 0.15) is 11.1 Å². The van der Waals surface area contributed by atoms with Crippen molar-refractivity contribution in [3.05, 3.63) is 98.5 Å². The lowest BCUT2D eigenvalue weighted by molar-refractivity contribution is -0.112. The van der Waals surface area contributed by atoms with Crippen LogP contribution in [0.2, 0.25) is 15.1 Å². The van der Waals surface area contributed by atoms with E-state index in [1.165, 1.54) is 6.08 Å². The molecule has 3 rings (SSSR count). The predicted octanol–water partition coefficient (Wildman–Crippen LogP) is 6.77. The number of carbonyl (C=O) groups excluding carboxylic acids is 1. The molecule has 0 aliphatic carbocycles. The van der Waals surface area contributed by atoms with Gasteiger partial charge in [-0.3, -0.25) is 4.79 Å². The molecule has 0 bridgehead atoms. The molecule has 3 aromatic carbocycles. The van der Waals surface area contributed by atoms with E-state index in [-0.39, 0.29) is 15.6 Å². The van der Waals surface area contributed by atoms with Gasteiger partial charge in [0.15, 0.2) is 5.75 Å². The molecule has 7 heteroatoms. The summed E-state index contributed by atoms with van der Waals surface area (Å²) in [6, 6.07) is 21.3. The van der Waals surface area contributed by atoms with Crippen LogP contribution >= 0.6 is 34.8 Å². The van der Waals surface area contributed by atoms with Crippen LogP contribution in [0.25, 0.3) is 6.08 Å². The summed E-state index contributed by atoms with van der Waals surface area (Å²) in [7, 11) is 0. The molecule has 0 unspecified atom stereocenters. The molecule has 0 aliphatic heterocycles. The highest BCUT2D eigenvalue weighted by molar-refractivity contribution is 6.37. The number of carbonyl (C=O) groups is 1. The fraction of sp³-hybridized carbons (Fsp3) is 0.0435. The second-order valence-corrected chi connectivity index (χ2v) is 7.47. The Bertz CT molecular complexity index is 1120. The van der Waals surface area contributed by atoms with Gasteiger partial charge in [-0.25, -0.2) is 0 Å². The standard InChI is InChI=1S/C23H15Cl3N2O2/c24-18-7-4-8-19(12-18)28-23(29)17(13-27)9-16-10-20(25)22(21(26)11-16)30-14-15-5-2-1-3-6-15/h1-12H,14H2,(H,28,29)/b17-9+. The van der Waals surface area contributed by atoms with Crippen molar-refractivity contribution in [2.45, 2.75) is 6.61 Å². The van der Waals surface area contributed by atoms with Crippen molar-refractivity contribution in [1.82, 2.24) is 0 Å². The first-order valence-corrected chi connectivity index (χ1v) is 9.94. The zero-order valence-corrected chi connectivity index (χ0v) is 17.8. The number of hydrogen-bond acceptors (Lipinski definition) is 3. The number of halogens is 3. The maximum absolute atomic E-state index is 12.4. The smallest absolute Gasteiger partial charge is 0.266 e. The first kappa shape index (κ1) is 21.7. The van der Waals surface area contributed by atoms with E-state index in [0.717, 1.165) is 5.56 Å². The lowest BCUT2D eigenvalue weighted by Gasteiger charge is -2.11. The summed E-state index contributed by atoms with van der Waals surface area (Å²) >= 11 is 18.5. The van der Waals surface area contributed by atoms with Gasteiger partial charge in [0.05, 0.1) is 10.0 Å². The molecule has 30 heavy (non-hydrogen) atoms. The molecule has 4 nitrogen and oxygen atoms in total. The van der Waals surface area contributed by atoms with Gasteiger partial charge in [-0.15, -0.1) is 0 Å². The Kier molecular flexibility index (Phi) is 7.37. The Morgan fingerprint density at radius 2 is 1.70 bits per heavy atom. The molecule has 1 N–H and O–H groups in total. The van der Waals surface area contributed by atoms with E-state index in [9.17, 15) is 10.1 Å². The summed E-state index contributed by atoms with van der Waals surface area (Å²) in [5.74, 6) is -0.238. The number of amides is 1. The zero-order chi connectivity index (χ0) is 21.5. The number of ether oxygens (including phenoxy) is 1. The van der Waals surface area contributed by atoms with Gasteiger partial charge in [0.1, 0.15) is 18.2 Å². The topological polar surface area (TPSA) is 62.1 Å². The Balaban J connectivity index is 1.77. The Hall–Kier alpha value is -2.97. The number of nitrogens with one attached hydrogen (secondary N) is 1. The van der Waals surface area contributed by atoms with Crippen molar-refractivity contribution in [1.29, 1.82) is 5.26 Å². The number of rotatable bonds is 6. The second-order valence-electron chi connectivity index (χ2n) is 6.22. The van der Waals surface area contributed by atoms with Gasteiger partial charge in [0.25, 0.3) is 5.91 Å². The number of hydrogen-bond donors (Lipinski definition) is 1. The van der Waals surface area contributed by atoms with Crippen LogP contribution < -0.4 is 10.1 Å². The predicted molar refractivity (Wildman–Crippen MR) is 121 cm³/mol. The van der Waals surface area contributed by atoms with E-state index in [1.54, 1.807) is 36.4 Å². The Morgan fingerprint density at radius 1 is 1.00 bits per heavy atom. The molecule has 0 spiro atoms. The van der Waals surface area contributed by atoms with Crippen molar-refractivity contribution in [2.75, 3.05) is 5.32 Å². The van der Waals surface area contributed by atoms with Crippen LogP contribution in [0, 0.1) is 11.3 Å². The van der Waals surface area contributed by atoms with E-state index in [0.29, 0.717) is 28.6 Å². The van der Waals surface area contributed by atoms with Crippen LogP contribution in [-0.2, 0) is 11.4 Å². The summed E-state index contributed by atoms with van der Waals surface area (Å²) in [5, 5.41) is 13.0. The van der Waals surface area contributed by atoms with Gasteiger partial charge in [-0.1, -0.05) is 71.2 Å². The Labute approximate surface area is 189 Å². The maximum atomic E-state index is 12.4. The van der Waals surface area contributed by atoms with Crippen LogP contribution in [0.15, 0.2) is 72.3 Å². The molecule has 150 valence electrons. The number of anilines is 1. The van der Waals surface area contributed by atoms with Crippen molar-refractivity contribution < 1.29 is 9.53 Å². The molecular weight excluding hydrogens is 443 g/mol. The molecule has 1 amide bonds. The molecule has 0 fully saturated rings. The molecule has 0 radical (unpaired) electrons. The lowest BCUT2D eigenvalue weighted by Crippen LogP contribution is -2.13. The highest BCUT2D eigenvalue weighted by Gasteiger charge is 2.13. The molecule has 0 saturated carbocycles. The summed E-state index contributed by atoms with van der Waals surface area (Å²) in [5.41, 5.74) is 1.84. The number of nitriles is 1. The monoisotopic (exact) mass is 456 g/mol. The summed E-state index contributed by atoms with van der Waals surface area (Å²) in [4.78, 5) is 12.4. The van der Waals surface area contributed by atoms with E-state index in [1.807, 2.05) is 36.4 Å². The van der Waals surface area contributed by atoms with Gasteiger partial charge in [-0.05, 0) is 47.5 Å². The SMILES string of the molecule is N#C/C(=C\c1cc(Cl)c(OCc2ccccc2)c(Cl)c1)C(=O)Nc1cccc(Cl)c1. The van der Waals surface area contributed by atoms with Gasteiger partial charge < -0.3 is 10.1 Å². The summed E-state index contributed by atoms with van der Waals surface area (Å²) in [6.07, 6.45) is 1.40. The molecule has 3 aromatic rings. The lowest BCUT2D eigenvalue weighted by atomic mass is 10.1. The first-order chi connectivity index (χ1) is 14.5. The fourth-order valence-electron chi connectivity index (χ4n) is 2.61. The molecule has 0 aliphatic rings. The molecule has 0 heterocycles. The van der Waals surface area contributed by atoms with Crippen LogP contribution in [0.3, 0.4) is 0 Å². The fourth-order valence-corrected chi connectivity index (χ4v) is 3.41. The van der Waals surface area contributed by atoms with E-state index < -0.39 is 5.91 Å². The quantitative estimate of drug-likeness (QED) is 0.328. The molecule has 0 aromatic heterocycles. The molecular formula is C23H15Cl3N2O2. The largest absolute Gasteiger partial charge is 0.486 e. The average molecular weight is 458 g/mol. The minimum atomic E-state index is -0.573. The van der Waals surface area contributed by atoms with Gasteiger partial charge in [0, 0.05) is 10.7 Å². The minimum absolute atomic E-state index is 0.111. The number of benzene rings is 3. The summed E-state index contributed by atoms with van der Waals surface area (Å²) in [6.45, 7) is 0.307. The van der Waals surface area contributed by atoms with Crippen molar-refractivity contribution >= 4 is 52.5 Å². The minimum Gasteiger partial charge on any atom is -0.486 e. The molecule has 0 saturated heterocycles. The van der Waals surface area contributed by atoms with E-state index >= 15 is 0 Å². The average Bonchev–Trinajstić information content (AvgIpc) is 2.72. The normalized spacial score (nSPS) is 10.9. The van der Waals surface area contributed by atoms with E-state index in [2.05, 4.69) is 5.32 Å². The van der Waals surface area contributed by atoms with Crippen molar-refractivity contribution in [2.24, 2.45) is 0 Å². The second kappa shape index (κ2) is 10.2. The van der Waals surface area contributed by atoms with Crippen LogP contribution in [-0.4, -0.2) is 5.91 Å². The third-order valence-electron chi connectivity index (χ3n) is 4.01. The van der Waals surface area contributed by atoms with Gasteiger partial charge >= 0.3 is 0 Å². The third kappa shape index (κ3) is 5.77. The van der Waals surface area contributed by atoms with Gasteiger partial charge in [-0.2, -0.15) is 5.26 Å². The first-order valence-electron chi connectivity index (χ1n) is 8.81. The zero-order valence-electron chi connectivity index (χ0n) is 15.5. The van der Waals surface area contributed by atoms with Crippen LogP contribution in [0.5, 0.6) is 5.75 Å². The Morgan fingerprint density at radius 3 is 2.33 bits per heavy atom. The van der Waals surface area contributed by atoms with Gasteiger partial charge in [0.2, 0.25) is 0 Å². The van der Waals surface area contributed by atoms with E-state index in [4.69, 9.17) is 39.5 Å². The number of nitrogens with zero attached hydrogens (tertiary/aromatic N) is 1. The highest BCUT2D eigenvalue weighted by atomic mass is 35.5.